The van der Waals surface area contributed by atoms with Crippen LogP contribution in [0.4, 0.5) is 0 Å². The second kappa shape index (κ2) is 6.78. The number of hydrogen-bond acceptors (Lipinski definition) is 4. The lowest BCUT2D eigenvalue weighted by molar-refractivity contribution is 0.0698. The summed E-state index contributed by atoms with van der Waals surface area (Å²) >= 11 is 0. The van der Waals surface area contributed by atoms with Gasteiger partial charge in [-0.25, -0.2) is 4.98 Å². The summed E-state index contributed by atoms with van der Waals surface area (Å²) in [6.45, 7) is 4.08. The number of piperidine rings is 1. The third-order valence-electron chi connectivity index (χ3n) is 5.14. The normalized spacial score (nSPS) is 17.6. The van der Waals surface area contributed by atoms with Gasteiger partial charge in [0, 0.05) is 44.6 Å². The Hall–Kier alpha value is -2.90. The number of aryl methyl sites for hydroxylation is 1. The fourth-order valence-electron chi connectivity index (χ4n) is 3.60. The van der Waals surface area contributed by atoms with E-state index in [0.717, 1.165) is 36.9 Å². The summed E-state index contributed by atoms with van der Waals surface area (Å²) in [5, 5.41) is 8.82. The highest BCUT2D eigenvalue weighted by atomic mass is 16.2. The largest absolute Gasteiger partial charge is 0.357 e. The third-order valence-corrected chi connectivity index (χ3v) is 5.14. The van der Waals surface area contributed by atoms with Crippen molar-refractivity contribution >= 4 is 5.91 Å². The molecule has 1 atom stereocenters. The summed E-state index contributed by atoms with van der Waals surface area (Å²) in [6, 6.07) is 3.67. The van der Waals surface area contributed by atoms with Crippen molar-refractivity contribution in [2.24, 2.45) is 7.05 Å². The second-order valence-corrected chi connectivity index (χ2v) is 6.81. The number of rotatable bonds is 4. The molecule has 0 radical (unpaired) electrons. The Balaban J connectivity index is 1.50. The van der Waals surface area contributed by atoms with Crippen molar-refractivity contribution in [1.29, 1.82) is 0 Å². The average molecular weight is 353 g/mol. The smallest absolute Gasteiger partial charge is 0.270 e. The molecule has 0 spiro atoms. The molecule has 4 heterocycles. The molecular formula is C18H23N7O. The van der Waals surface area contributed by atoms with E-state index in [9.17, 15) is 4.79 Å². The molecule has 1 saturated heterocycles. The van der Waals surface area contributed by atoms with Gasteiger partial charge in [-0.15, -0.1) is 10.2 Å². The van der Waals surface area contributed by atoms with Crippen LogP contribution in [0.15, 0.2) is 30.7 Å². The van der Waals surface area contributed by atoms with Gasteiger partial charge in [0.1, 0.15) is 17.3 Å². The summed E-state index contributed by atoms with van der Waals surface area (Å²) in [4.78, 5) is 21.8. The standard InChI is InChI=1S/C18H23N7O/c1-13-19-8-10-24(13)12-16-21-22-17(23(16)2)14-5-4-9-25(11-14)18(26)15-6-3-7-20-15/h3,6-8,10,14,20H,4-5,9,11-12H2,1-2H3/t14-/m0/s1. The summed E-state index contributed by atoms with van der Waals surface area (Å²) in [7, 11) is 2.00. The lowest BCUT2D eigenvalue weighted by Gasteiger charge is -2.32. The number of likely N-dealkylation sites (tertiary alicyclic amines) is 1. The van der Waals surface area contributed by atoms with E-state index in [1.807, 2.05) is 37.2 Å². The highest BCUT2D eigenvalue weighted by Gasteiger charge is 2.29. The van der Waals surface area contributed by atoms with E-state index in [2.05, 4.69) is 29.3 Å². The van der Waals surface area contributed by atoms with Crippen molar-refractivity contribution in [2.75, 3.05) is 13.1 Å². The number of nitrogens with zero attached hydrogens (tertiary/aromatic N) is 6. The number of carbonyl (C=O) groups excluding carboxylic acids is 1. The maximum absolute atomic E-state index is 12.6. The van der Waals surface area contributed by atoms with Gasteiger partial charge in [0.2, 0.25) is 0 Å². The Kier molecular flexibility index (Phi) is 4.32. The van der Waals surface area contributed by atoms with Crippen molar-refractivity contribution in [1.82, 2.24) is 34.2 Å². The van der Waals surface area contributed by atoms with Gasteiger partial charge in [0.05, 0.1) is 6.54 Å². The van der Waals surface area contributed by atoms with E-state index in [0.29, 0.717) is 18.8 Å². The van der Waals surface area contributed by atoms with Crippen LogP contribution in [0.25, 0.3) is 0 Å². The predicted molar refractivity (Wildman–Crippen MR) is 95.7 cm³/mol. The van der Waals surface area contributed by atoms with Gasteiger partial charge in [-0.1, -0.05) is 0 Å². The van der Waals surface area contributed by atoms with E-state index < -0.39 is 0 Å². The van der Waals surface area contributed by atoms with Gasteiger partial charge in [-0.05, 0) is 31.9 Å². The van der Waals surface area contributed by atoms with Gasteiger partial charge in [0.15, 0.2) is 5.82 Å². The van der Waals surface area contributed by atoms with Gasteiger partial charge in [-0.2, -0.15) is 0 Å². The molecule has 4 rings (SSSR count). The number of amides is 1. The van der Waals surface area contributed by atoms with Crippen LogP contribution in [0.3, 0.4) is 0 Å². The third kappa shape index (κ3) is 3.02. The van der Waals surface area contributed by atoms with Gasteiger partial charge < -0.3 is 19.0 Å². The van der Waals surface area contributed by atoms with Crippen molar-refractivity contribution in [3.63, 3.8) is 0 Å². The lowest BCUT2D eigenvalue weighted by Crippen LogP contribution is -2.39. The first-order chi connectivity index (χ1) is 12.6. The predicted octanol–water partition coefficient (Wildman–Crippen LogP) is 1.72. The molecule has 136 valence electrons. The maximum Gasteiger partial charge on any atom is 0.270 e. The molecule has 3 aromatic rings. The van der Waals surface area contributed by atoms with Crippen molar-refractivity contribution < 1.29 is 4.79 Å². The zero-order valence-corrected chi connectivity index (χ0v) is 15.1. The minimum Gasteiger partial charge on any atom is -0.357 e. The minimum atomic E-state index is 0.0520. The van der Waals surface area contributed by atoms with Crippen LogP contribution in [0.2, 0.25) is 0 Å². The summed E-state index contributed by atoms with van der Waals surface area (Å²) in [6.07, 6.45) is 7.51. The first kappa shape index (κ1) is 16.6. The van der Waals surface area contributed by atoms with Crippen LogP contribution in [0.5, 0.6) is 0 Å². The fourth-order valence-corrected chi connectivity index (χ4v) is 3.60. The number of H-pyrrole nitrogens is 1. The Morgan fingerprint density at radius 2 is 2.27 bits per heavy atom. The SMILES string of the molecule is Cc1nccn1Cc1nnc([C@H]2CCCN(C(=O)c3ccc[nH]3)C2)n1C. The van der Waals surface area contributed by atoms with Crippen LogP contribution in [0, 0.1) is 6.92 Å². The minimum absolute atomic E-state index is 0.0520. The topological polar surface area (TPSA) is 84.6 Å². The molecule has 3 aromatic heterocycles. The number of nitrogens with one attached hydrogen (secondary N) is 1. The molecule has 8 heteroatoms. The van der Waals surface area contributed by atoms with E-state index in [4.69, 9.17) is 0 Å². The number of aromatic nitrogens is 6. The first-order valence-corrected chi connectivity index (χ1v) is 8.92. The Morgan fingerprint density at radius 1 is 1.38 bits per heavy atom. The van der Waals surface area contributed by atoms with Crippen LogP contribution < -0.4 is 0 Å². The molecule has 0 saturated carbocycles. The van der Waals surface area contributed by atoms with Crippen LogP contribution in [-0.2, 0) is 13.6 Å². The molecule has 26 heavy (non-hydrogen) atoms. The molecule has 8 nitrogen and oxygen atoms in total. The van der Waals surface area contributed by atoms with Gasteiger partial charge >= 0.3 is 0 Å². The van der Waals surface area contributed by atoms with Gasteiger partial charge in [0.25, 0.3) is 5.91 Å². The first-order valence-electron chi connectivity index (χ1n) is 8.92. The molecular weight excluding hydrogens is 330 g/mol. The van der Waals surface area contributed by atoms with Crippen molar-refractivity contribution in [2.45, 2.75) is 32.2 Å². The zero-order valence-electron chi connectivity index (χ0n) is 15.1. The van der Waals surface area contributed by atoms with E-state index in [1.165, 1.54) is 0 Å². The van der Waals surface area contributed by atoms with Crippen molar-refractivity contribution in [3.05, 3.63) is 53.9 Å². The van der Waals surface area contributed by atoms with Crippen LogP contribution in [0.1, 0.15) is 46.7 Å². The lowest BCUT2D eigenvalue weighted by atomic mass is 9.97. The monoisotopic (exact) mass is 353 g/mol. The molecule has 0 aromatic carbocycles. The Labute approximate surface area is 151 Å². The summed E-state index contributed by atoms with van der Waals surface area (Å²) in [5.74, 6) is 3.06. The molecule has 0 bridgehead atoms. The van der Waals surface area contributed by atoms with Crippen LogP contribution >= 0.6 is 0 Å². The number of carbonyl (C=O) groups is 1. The molecule has 1 amide bonds. The quantitative estimate of drug-likeness (QED) is 0.774. The highest BCUT2D eigenvalue weighted by Crippen LogP contribution is 2.26. The number of hydrogen-bond donors (Lipinski definition) is 1. The number of aromatic amines is 1. The Morgan fingerprint density at radius 3 is 3.00 bits per heavy atom. The van der Waals surface area contributed by atoms with Crippen LogP contribution in [-0.4, -0.2) is 53.2 Å². The highest BCUT2D eigenvalue weighted by molar-refractivity contribution is 5.92. The second-order valence-electron chi connectivity index (χ2n) is 6.81. The zero-order chi connectivity index (χ0) is 18.1. The van der Waals surface area contributed by atoms with E-state index in [1.54, 1.807) is 12.4 Å². The molecule has 1 N–H and O–H groups in total. The molecule has 0 aliphatic carbocycles. The maximum atomic E-state index is 12.6. The average Bonchev–Trinajstić information content (AvgIpc) is 3.39. The van der Waals surface area contributed by atoms with Crippen molar-refractivity contribution in [3.8, 4) is 0 Å². The summed E-state index contributed by atoms with van der Waals surface area (Å²) in [5.41, 5.74) is 0.639. The number of imidazole rings is 1. The molecule has 0 unspecified atom stereocenters. The molecule has 1 aliphatic heterocycles. The molecule has 1 fully saturated rings. The summed E-state index contributed by atoms with van der Waals surface area (Å²) < 4.78 is 4.11. The van der Waals surface area contributed by atoms with E-state index in [-0.39, 0.29) is 11.8 Å². The van der Waals surface area contributed by atoms with E-state index >= 15 is 0 Å². The fraction of sp³-hybridized carbons (Fsp3) is 0.444. The molecule has 1 aliphatic rings. The van der Waals surface area contributed by atoms with Gasteiger partial charge in [-0.3, -0.25) is 4.79 Å². The Bertz CT molecular complexity index is 893.